The Labute approximate surface area is 147 Å². The zero-order valence-corrected chi connectivity index (χ0v) is 14.6. The second-order valence-electron chi connectivity index (χ2n) is 6.88. The SMILES string of the molecule is CC(CCc1ccco1)NC(=O)c1ccc(NC(=O)C2CC2C)cc1. The number of rotatable bonds is 7. The maximum absolute atomic E-state index is 12.3. The van der Waals surface area contributed by atoms with E-state index in [1.165, 1.54) is 0 Å². The molecule has 5 nitrogen and oxygen atoms in total. The van der Waals surface area contributed by atoms with Crippen LogP contribution in [0.1, 0.15) is 42.8 Å². The standard InChI is InChI=1S/C20H24N2O3/c1-13-12-18(13)20(24)22-16-8-6-15(7-9-16)19(23)21-14(2)5-10-17-4-3-11-25-17/h3-4,6-9,11,13-14,18H,5,10,12H2,1-2H3,(H,21,23)(H,22,24). The Hall–Kier alpha value is -2.56. The second kappa shape index (κ2) is 7.55. The van der Waals surface area contributed by atoms with Crippen molar-refractivity contribution in [1.29, 1.82) is 0 Å². The summed E-state index contributed by atoms with van der Waals surface area (Å²) in [6.07, 6.45) is 4.22. The van der Waals surface area contributed by atoms with Gasteiger partial charge >= 0.3 is 0 Å². The molecule has 1 heterocycles. The number of hydrogen-bond donors (Lipinski definition) is 2. The van der Waals surface area contributed by atoms with Crippen LogP contribution in [0.4, 0.5) is 5.69 Å². The molecule has 2 amide bonds. The van der Waals surface area contributed by atoms with Crippen LogP contribution in [-0.2, 0) is 11.2 Å². The minimum absolute atomic E-state index is 0.0494. The summed E-state index contributed by atoms with van der Waals surface area (Å²) in [5.74, 6) is 1.49. The summed E-state index contributed by atoms with van der Waals surface area (Å²) < 4.78 is 5.30. The predicted octanol–water partition coefficient (Wildman–Crippen LogP) is 3.63. The van der Waals surface area contributed by atoms with Gasteiger partial charge in [0.15, 0.2) is 0 Å². The highest BCUT2D eigenvalue weighted by Gasteiger charge is 2.39. The molecule has 1 saturated carbocycles. The molecule has 132 valence electrons. The number of amides is 2. The van der Waals surface area contributed by atoms with Crippen molar-refractivity contribution in [2.75, 3.05) is 5.32 Å². The highest BCUT2D eigenvalue weighted by molar-refractivity contribution is 5.97. The van der Waals surface area contributed by atoms with Gasteiger partial charge in [-0.25, -0.2) is 0 Å². The number of aryl methyl sites for hydroxylation is 1. The van der Waals surface area contributed by atoms with Crippen LogP contribution < -0.4 is 10.6 Å². The van der Waals surface area contributed by atoms with Gasteiger partial charge in [-0.15, -0.1) is 0 Å². The first-order chi connectivity index (χ1) is 12.0. The highest BCUT2D eigenvalue weighted by atomic mass is 16.3. The Kier molecular flexibility index (Phi) is 5.22. The Morgan fingerprint density at radius 3 is 2.56 bits per heavy atom. The molecule has 1 aromatic carbocycles. The quantitative estimate of drug-likeness (QED) is 0.808. The molecule has 0 bridgehead atoms. The molecule has 5 heteroatoms. The molecule has 3 unspecified atom stereocenters. The van der Waals surface area contributed by atoms with Crippen molar-refractivity contribution in [3.05, 3.63) is 54.0 Å². The van der Waals surface area contributed by atoms with Crippen LogP contribution in [-0.4, -0.2) is 17.9 Å². The third kappa shape index (κ3) is 4.72. The lowest BCUT2D eigenvalue weighted by Crippen LogP contribution is -2.32. The van der Waals surface area contributed by atoms with Crippen molar-refractivity contribution in [2.45, 2.75) is 39.2 Å². The van der Waals surface area contributed by atoms with Crippen LogP contribution in [0.15, 0.2) is 47.1 Å². The van der Waals surface area contributed by atoms with Gasteiger partial charge in [-0.1, -0.05) is 6.92 Å². The average Bonchev–Trinajstić information content (AvgIpc) is 3.10. The molecule has 2 aromatic rings. The van der Waals surface area contributed by atoms with Crippen LogP contribution >= 0.6 is 0 Å². The second-order valence-corrected chi connectivity index (χ2v) is 6.88. The maximum Gasteiger partial charge on any atom is 0.251 e. The van der Waals surface area contributed by atoms with Gasteiger partial charge < -0.3 is 15.1 Å². The van der Waals surface area contributed by atoms with Gasteiger partial charge in [-0.05, 0) is 62.1 Å². The molecule has 25 heavy (non-hydrogen) atoms. The van der Waals surface area contributed by atoms with Crippen molar-refractivity contribution in [3.63, 3.8) is 0 Å². The molecular formula is C20H24N2O3. The van der Waals surface area contributed by atoms with Crippen LogP contribution in [0.25, 0.3) is 0 Å². The lowest BCUT2D eigenvalue weighted by atomic mass is 10.1. The minimum atomic E-state index is -0.111. The third-order valence-electron chi connectivity index (χ3n) is 4.64. The fraction of sp³-hybridized carbons (Fsp3) is 0.400. The lowest BCUT2D eigenvalue weighted by Gasteiger charge is -2.13. The van der Waals surface area contributed by atoms with Gasteiger partial charge in [0.1, 0.15) is 5.76 Å². The number of benzene rings is 1. The van der Waals surface area contributed by atoms with E-state index in [0.29, 0.717) is 11.5 Å². The summed E-state index contributed by atoms with van der Waals surface area (Å²) in [5, 5.41) is 5.88. The lowest BCUT2D eigenvalue weighted by molar-refractivity contribution is -0.117. The molecule has 2 N–H and O–H groups in total. The third-order valence-corrected chi connectivity index (χ3v) is 4.64. The topological polar surface area (TPSA) is 71.3 Å². The molecule has 0 spiro atoms. The van der Waals surface area contributed by atoms with E-state index in [-0.39, 0.29) is 23.8 Å². The highest BCUT2D eigenvalue weighted by Crippen LogP contribution is 2.38. The number of carbonyl (C=O) groups is 2. The van der Waals surface area contributed by atoms with Gasteiger partial charge in [-0.2, -0.15) is 0 Å². The molecule has 0 saturated heterocycles. The van der Waals surface area contributed by atoms with Gasteiger partial charge in [0.25, 0.3) is 5.91 Å². The Balaban J connectivity index is 1.47. The molecule has 1 fully saturated rings. The predicted molar refractivity (Wildman–Crippen MR) is 96.3 cm³/mol. The first-order valence-corrected chi connectivity index (χ1v) is 8.77. The van der Waals surface area contributed by atoms with Crippen molar-refractivity contribution in [1.82, 2.24) is 5.32 Å². The first kappa shape index (κ1) is 17.3. The number of nitrogens with one attached hydrogen (secondary N) is 2. The van der Waals surface area contributed by atoms with E-state index in [9.17, 15) is 9.59 Å². The monoisotopic (exact) mass is 340 g/mol. The largest absolute Gasteiger partial charge is 0.469 e. The summed E-state index contributed by atoms with van der Waals surface area (Å²) >= 11 is 0. The number of anilines is 1. The van der Waals surface area contributed by atoms with Crippen molar-refractivity contribution < 1.29 is 14.0 Å². The van der Waals surface area contributed by atoms with E-state index >= 15 is 0 Å². The maximum atomic E-state index is 12.3. The van der Waals surface area contributed by atoms with Gasteiger partial charge in [0.05, 0.1) is 6.26 Å². The number of furan rings is 1. The molecule has 3 rings (SSSR count). The summed E-state index contributed by atoms with van der Waals surface area (Å²) in [7, 11) is 0. The fourth-order valence-electron chi connectivity index (χ4n) is 2.82. The zero-order chi connectivity index (χ0) is 17.8. The van der Waals surface area contributed by atoms with E-state index in [1.54, 1.807) is 30.5 Å². The zero-order valence-electron chi connectivity index (χ0n) is 14.6. The summed E-state index contributed by atoms with van der Waals surface area (Å²) in [4.78, 5) is 24.2. The van der Waals surface area contributed by atoms with Crippen molar-refractivity contribution in [2.24, 2.45) is 11.8 Å². The Morgan fingerprint density at radius 2 is 1.96 bits per heavy atom. The van der Waals surface area contributed by atoms with E-state index in [1.807, 2.05) is 19.1 Å². The summed E-state index contributed by atoms with van der Waals surface area (Å²) in [6, 6.07) is 10.9. The molecule has 3 atom stereocenters. The Bertz CT molecular complexity index is 722. The van der Waals surface area contributed by atoms with Gasteiger partial charge in [0, 0.05) is 29.6 Å². The van der Waals surface area contributed by atoms with E-state index in [2.05, 4.69) is 17.6 Å². The van der Waals surface area contributed by atoms with Crippen LogP contribution in [0, 0.1) is 11.8 Å². The van der Waals surface area contributed by atoms with Crippen molar-refractivity contribution in [3.8, 4) is 0 Å². The summed E-state index contributed by atoms with van der Waals surface area (Å²) in [5.41, 5.74) is 1.31. The smallest absolute Gasteiger partial charge is 0.251 e. The molecule has 1 aliphatic carbocycles. The van der Waals surface area contributed by atoms with Gasteiger partial charge in [-0.3, -0.25) is 9.59 Å². The van der Waals surface area contributed by atoms with Crippen molar-refractivity contribution >= 4 is 17.5 Å². The van der Waals surface area contributed by atoms with E-state index in [0.717, 1.165) is 30.7 Å². The normalized spacial score (nSPS) is 19.9. The van der Waals surface area contributed by atoms with Crippen LogP contribution in [0.5, 0.6) is 0 Å². The number of carbonyl (C=O) groups excluding carboxylic acids is 2. The average molecular weight is 340 g/mol. The van der Waals surface area contributed by atoms with Gasteiger partial charge in [0.2, 0.25) is 5.91 Å². The fourth-order valence-corrected chi connectivity index (χ4v) is 2.82. The molecule has 1 aromatic heterocycles. The Morgan fingerprint density at radius 1 is 1.24 bits per heavy atom. The first-order valence-electron chi connectivity index (χ1n) is 8.77. The number of hydrogen-bond acceptors (Lipinski definition) is 3. The van der Waals surface area contributed by atoms with Crippen LogP contribution in [0.3, 0.4) is 0 Å². The minimum Gasteiger partial charge on any atom is -0.469 e. The molecule has 0 radical (unpaired) electrons. The molecular weight excluding hydrogens is 316 g/mol. The molecule has 1 aliphatic rings. The van der Waals surface area contributed by atoms with Crippen LogP contribution in [0.2, 0.25) is 0 Å². The van der Waals surface area contributed by atoms with E-state index in [4.69, 9.17) is 4.42 Å². The molecule has 0 aliphatic heterocycles. The van der Waals surface area contributed by atoms with E-state index < -0.39 is 0 Å². The summed E-state index contributed by atoms with van der Waals surface area (Å²) in [6.45, 7) is 4.05.